The third kappa shape index (κ3) is 5.96. The van der Waals surface area contributed by atoms with Crippen molar-refractivity contribution in [3.05, 3.63) is 110 Å². The SMILES string of the molecule is Cc1cc(C)cc([Si](C)(C2=CC[C]([Ti+3])=C2c2ccccc2)c2cc(C)cc(C)c2)c1.[Cl-].[Cl-].[Cl-]. The summed E-state index contributed by atoms with van der Waals surface area (Å²) >= 11 is 2.31. The molecule has 0 radical (unpaired) electrons. The minimum absolute atomic E-state index is 0. The summed E-state index contributed by atoms with van der Waals surface area (Å²) in [6.45, 7) is 11.5. The van der Waals surface area contributed by atoms with Crippen molar-refractivity contribution < 1.29 is 57.7 Å². The van der Waals surface area contributed by atoms with Crippen LogP contribution in [0.15, 0.2) is 81.9 Å². The number of benzene rings is 3. The maximum absolute atomic E-state index is 2.56. The van der Waals surface area contributed by atoms with E-state index in [1.807, 2.05) is 0 Å². The molecule has 0 spiro atoms. The molecule has 0 saturated heterocycles. The third-order valence-corrected chi connectivity index (χ3v) is 11.4. The molecule has 170 valence electrons. The molecule has 0 aliphatic heterocycles. The van der Waals surface area contributed by atoms with Crippen LogP contribution in [0.2, 0.25) is 6.55 Å². The molecule has 0 nitrogen and oxygen atoms in total. The van der Waals surface area contributed by atoms with Crippen LogP contribution >= 0.6 is 0 Å². The molecule has 4 rings (SSSR count). The Labute approximate surface area is 230 Å². The number of rotatable bonds is 4. The summed E-state index contributed by atoms with van der Waals surface area (Å²) in [5.41, 5.74) is 8.25. The van der Waals surface area contributed by atoms with Crippen molar-refractivity contribution in [2.24, 2.45) is 0 Å². The van der Waals surface area contributed by atoms with E-state index < -0.39 is 8.07 Å². The Morgan fingerprint density at radius 3 is 1.52 bits per heavy atom. The van der Waals surface area contributed by atoms with Crippen LogP contribution in [-0.2, 0) is 20.4 Å². The molecular weight excluding hydrogens is 519 g/mol. The van der Waals surface area contributed by atoms with Gasteiger partial charge in [-0.1, -0.05) is 0 Å². The molecular formula is C28H29Cl3SiTi. The average Bonchev–Trinajstić information content (AvgIpc) is 3.08. The van der Waals surface area contributed by atoms with Gasteiger partial charge in [0, 0.05) is 0 Å². The van der Waals surface area contributed by atoms with Gasteiger partial charge in [-0.2, -0.15) is 0 Å². The Morgan fingerprint density at radius 2 is 1.09 bits per heavy atom. The van der Waals surface area contributed by atoms with Crippen LogP contribution < -0.4 is 47.6 Å². The summed E-state index contributed by atoms with van der Waals surface area (Å²) < 4.78 is 1.49. The molecule has 1 aliphatic rings. The monoisotopic (exact) mass is 546 g/mol. The van der Waals surface area contributed by atoms with Gasteiger partial charge in [-0.25, -0.2) is 0 Å². The van der Waals surface area contributed by atoms with E-state index in [1.54, 1.807) is 5.20 Å². The first-order valence-corrected chi connectivity index (χ1v) is 14.0. The molecule has 3 aromatic rings. The van der Waals surface area contributed by atoms with Gasteiger partial charge in [-0.3, -0.25) is 0 Å². The molecule has 3 aromatic carbocycles. The Bertz CT molecular complexity index is 1090. The molecule has 5 heteroatoms. The zero-order valence-electron chi connectivity index (χ0n) is 19.8. The summed E-state index contributed by atoms with van der Waals surface area (Å²) in [6.07, 6.45) is 3.58. The van der Waals surface area contributed by atoms with Crippen molar-refractivity contribution in [3.63, 3.8) is 0 Å². The summed E-state index contributed by atoms with van der Waals surface area (Å²) in [5, 5.41) is 4.60. The largest absolute Gasteiger partial charge is 1.00 e. The standard InChI is InChI=1S/C28H29Si.3ClH.Ti/c1-20-14-21(2)17-25(16-20)29(5,26-18-22(3)15-23(4)19-26)28-13-9-12-27(28)24-10-7-6-8-11-24;;;;/h6-8,10-11,13-19H,9H2,1-5H3;3*1H;/q;;;;+3/p-3. The molecule has 0 aromatic heterocycles. The quantitative estimate of drug-likeness (QED) is 0.305. The van der Waals surface area contributed by atoms with Gasteiger partial charge in [-0.05, 0) is 0 Å². The van der Waals surface area contributed by atoms with Gasteiger partial charge in [0.2, 0.25) is 0 Å². The first kappa shape index (κ1) is 30.0. The average molecular weight is 548 g/mol. The topological polar surface area (TPSA) is 0 Å². The first-order valence-electron chi connectivity index (χ1n) is 10.7. The summed E-state index contributed by atoms with van der Waals surface area (Å²) in [4.78, 5) is 0. The second-order valence-electron chi connectivity index (χ2n) is 8.92. The third-order valence-electron chi connectivity index (χ3n) is 6.28. The number of hydrogen-bond donors (Lipinski definition) is 0. The van der Waals surface area contributed by atoms with Crippen LogP contribution in [0.1, 0.15) is 34.2 Å². The van der Waals surface area contributed by atoms with Crippen molar-refractivity contribution >= 4 is 24.0 Å². The van der Waals surface area contributed by atoms with Crippen molar-refractivity contribution in [2.75, 3.05) is 0 Å². The molecule has 33 heavy (non-hydrogen) atoms. The summed E-state index contributed by atoms with van der Waals surface area (Å²) in [5.74, 6) is 0. The van der Waals surface area contributed by atoms with Crippen molar-refractivity contribution in [3.8, 4) is 0 Å². The second kappa shape index (κ2) is 12.1. The zero-order chi connectivity index (χ0) is 21.5. The molecule has 0 atom stereocenters. The van der Waals surface area contributed by atoms with Crippen molar-refractivity contribution in [1.82, 2.24) is 0 Å². The smallest absolute Gasteiger partial charge is 1.00 e. The Hall–Kier alpha value is -1.06. The van der Waals surface area contributed by atoms with E-state index in [4.69, 9.17) is 0 Å². The minimum atomic E-state index is -2.18. The van der Waals surface area contributed by atoms with E-state index in [0.717, 1.165) is 6.42 Å². The van der Waals surface area contributed by atoms with Crippen LogP contribution in [0.25, 0.3) is 5.57 Å². The van der Waals surface area contributed by atoms with Crippen molar-refractivity contribution in [2.45, 2.75) is 40.7 Å². The zero-order valence-corrected chi connectivity index (χ0v) is 24.6. The van der Waals surface area contributed by atoms with Crippen molar-refractivity contribution in [1.29, 1.82) is 0 Å². The maximum atomic E-state index is 2.56. The van der Waals surface area contributed by atoms with E-state index in [1.165, 1.54) is 47.6 Å². The fourth-order valence-corrected chi connectivity index (χ4v) is 10.1. The Morgan fingerprint density at radius 1 is 0.667 bits per heavy atom. The predicted octanol–water partition coefficient (Wildman–Crippen LogP) is -3.05. The molecule has 1 aliphatic carbocycles. The molecule has 0 amide bonds. The van der Waals surface area contributed by atoms with Crippen LogP contribution in [-0.4, -0.2) is 8.07 Å². The van der Waals surface area contributed by atoms with E-state index in [-0.39, 0.29) is 37.2 Å². The Balaban J connectivity index is 0.00000181. The van der Waals surface area contributed by atoms with Gasteiger partial charge < -0.3 is 37.2 Å². The number of hydrogen-bond acceptors (Lipinski definition) is 0. The number of halogens is 3. The van der Waals surface area contributed by atoms with Gasteiger partial charge in [-0.15, -0.1) is 0 Å². The summed E-state index contributed by atoms with van der Waals surface area (Å²) in [7, 11) is -2.18. The summed E-state index contributed by atoms with van der Waals surface area (Å²) in [6, 6.07) is 25.3. The minimum Gasteiger partial charge on any atom is -1.00 e. The second-order valence-corrected chi connectivity index (χ2v) is 13.8. The first-order chi connectivity index (χ1) is 14.3. The molecule has 0 unspecified atom stereocenters. The molecule has 0 saturated carbocycles. The van der Waals surface area contributed by atoms with Crippen LogP contribution in [0.3, 0.4) is 0 Å². The molecule has 0 bridgehead atoms. The molecule has 0 heterocycles. The fourth-order valence-electron chi connectivity index (χ4n) is 4.96. The predicted molar refractivity (Wildman–Crippen MR) is 129 cm³/mol. The van der Waals surface area contributed by atoms with E-state index >= 15 is 0 Å². The van der Waals surface area contributed by atoms with Gasteiger partial charge in [0.05, 0.1) is 0 Å². The van der Waals surface area contributed by atoms with Gasteiger partial charge in [0.1, 0.15) is 0 Å². The number of allylic oxidation sites excluding steroid dienone is 4. The van der Waals surface area contributed by atoms with Gasteiger partial charge >= 0.3 is 195 Å². The van der Waals surface area contributed by atoms with E-state index in [0.29, 0.717) is 0 Å². The fraction of sp³-hybridized carbons (Fsp3) is 0.214. The molecule has 0 fully saturated rings. The van der Waals surface area contributed by atoms with E-state index in [2.05, 4.69) is 127 Å². The van der Waals surface area contributed by atoms with E-state index in [9.17, 15) is 0 Å². The maximum Gasteiger partial charge on any atom is -1.00 e. The van der Waals surface area contributed by atoms with Gasteiger partial charge in [0.15, 0.2) is 0 Å². The Kier molecular flexibility index (Phi) is 11.0. The van der Waals surface area contributed by atoms with Crippen LogP contribution in [0.5, 0.6) is 0 Å². The normalized spacial score (nSPS) is 13.0. The van der Waals surface area contributed by atoms with Gasteiger partial charge in [0.25, 0.3) is 0 Å². The molecule has 0 N–H and O–H groups in total. The van der Waals surface area contributed by atoms with Crippen LogP contribution in [0.4, 0.5) is 0 Å². The number of aryl methyl sites for hydroxylation is 4. The van der Waals surface area contributed by atoms with Crippen LogP contribution in [0, 0.1) is 27.7 Å².